The van der Waals surface area contributed by atoms with Crippen LogP contribution in [-0.4, -0.2) is 15.2 Å². The van der Waals surface area contributed by atoms with Gasteiger partial charge in [-0.25, -0.2) is 0 Å². The lowest BCUT2D eigenvalue weighted by molar-refractivity contribution is 0.592. The Morgan fingerprint density at radius 1 is 0.846 bits per heavy atom. The van der Waals surface area contributed by atoms with Crippen molar-refractivity contribution in [2.45, 2.75) is 40.0 Å². The number of anilines is 4. The van der Waals surface area contributed by atoms with Crippen LogP contribution in [0.1, 0.15) is 37.5 Å². The normalized spacial score (nSPS) is 11.3. The molecule has 0 aliphatic heterocycles. The fourth-order valence-electron chi connectivity index (χ4n) is 2.81. The largest absolute Gasteiger partial charge is 0.339 e. The summed E-state index contributed by atoms with van der Waals surface area (Å²) < 4.78 is 0. The molecule has 0 fully saturated rings. The van der Waals surface area contributed by atoms with Crippen molar-refractivity contribution < 1.29 is 0 Å². The van der Waals surface area contributed by atoms with E-state index in [4.69, 9.17) is 0 Å². The average Bonchev–Trinajstić information content (AvgIpc) is 2.59. The lowest BCUT2D eigenvalue weighted by atomic mass is 9.86. The molecule has 5 heteroatoms. The van der Waals surface area contributed by atoms with E-state index < -0.39 is 0 Å². The van der Waals surface area contributed by atoms with Gasteiger partial charge in [-0.3, -0.25) is 0 Å². The van der Waals surface area contributed by atoms with Crippen LogP contribution in [0.2, 0.25) is 0 Å². The van der Waals surface area contributed by atoms with E-state index in [0.29, 0.717) is 11.8 Å². The van der Waals surface area contributed by atoms with Crippen LogP contribution in [0.4, 0.5) is 23.1 Å². The maximum absolute atomic E-state index is 4.56. The monoisotopic (exact) mass is 347 g/mol. The summed E-state index contributed by atoms with van der Waals surface area (Å²) in [4.78, 5) is 4.56. The Hall–Kier alpha value is -2.95. The summed E-state index contributed by atoms with van der Waals surface area (Å²) in [6.07, 6.45) is 1.63. The summed E-state index contributed by atoms with van der Waals surface area (Å²) in [6.45, 7) is 10.7. The number of para-hydroxylation sites is 1. The first-order valence-electron chi connectivity index (χ1n) is 8.74. The van der Waals surface area contributed by atoms with E-state index in [2.05, 4.69) is 84.7 Å². The molecule has 0 saturated carbocycles. The van der Waals surface area contributed by atoms with Gasteiger partial charge in [-0.05, 0) is 48.1 Å². The minimum atomic E-state index is 0.0316. The third kappa shape index (κ3) is 3.99. The van der Waals surface area contributed by atoms with Crippen LogP contribution in [0.25, 0.3) is 0 Å². The lowest BCUT2D eigenvalue weighted by Crippen LogP contribution is -2.14. The predicted molar refractivity (Wildman–Crippen MR) is 107 cm³/mol. The molecule has 134 valence electrons. The van der Waals surface area contributed by atoms with Gasteiger partial charge in [-0.2, -0.15) is 10.1 Å². The first-order chi connectivity index (χ1) is 12.3. The molecule has 1 aromatic heterocycles. The Balaban J connectivity index is 1.86. The summed E-state index contributed by atoms with van der Waals surface area (Å²) in [5.41, 5.74) is 5.66. The van der Waals surface area contributed by atoms with Crippen LogP contribution in [0.5, 0.6) is 0 Å². The molecule has 2 aromatic carbocycles. The van der Waals surface area contributed by atoms with Gasteiger partial charge < -0.3 is 10.6 Å². The average molecular weight is 347 g/mol. The number of rotatable bonds is 4. The highest BCUT2D eigenvalue weighted by Crippen LogP contribution is 2.31. The van der Waals surface area contributed by atoms with Gasteiger partial charge in [0.2, 0.25) is 5.95 Å². The van der Waals surface area contributed by atoms with Crippen LogP contribution in [0, 0.1) is 13.8 Å². The fourth-order valence-corrected chi connectivity index (χ4v) is 2.81. The molecule has 5 nitrogen and oxygen atoms in total. The molecule has 0 aliphatic carbocycles. The molecular formula is C21H25N5. The zero-order valence-corrected chi connectivity index (χ0v) is 16.0. The smallest absolute Gasteiger partial charge is 0.249 e. The summed E-state index contributed by atoms with van der Waals surface area (Å²) in [5, 5.41) is 14.8. The Morgan fingerprint density at radius 3 is 2.35 bits per heavy atom. The molecule has 0 saturated heterocycles. The van der Waals surface area contributed by atoms with Gasteiger partial charge in [0.1, 0.15) is 0 Å². The summed E-state index contributed by atoms with van der Waals surface area (Å²) >= 11 is 0. The molecule has 1 heterocycles. The second-order valence-electron chi connectivity index (χ2n) is 7.46. The Labute approximate surface area is 154 Å². The Kier molecular flexibility index (Phi) is 4.89. The van der Waals surface area contributed by atoms with Crippen molar-refractivity contribution in [3.8, 4) is 0 Å². The molecule has 0 unspecified atom stereocenters. The highest BCUT2D eigenvalue weighted by atomic mass is 15.3. The predicted octanol–water partition coefficient (Wildman–Crippen LogP) is 5.27. The molecule has 0 spiro atoms. The van der Waals surface area contributed by atoms with Gasteiger partial charge in [0.15, 0.2) is 5.82 Å². The second-order valence-corrected chi connectivity index (χ2v) is 7.46. The van der Waals surface area contributed by atoms with Crippen molar-refractivity contribution in [1.29, 1.82) is 0 Å². The van der Waals surface area contributed by atoms with Gasteiger partial charge in [0, 0.05) is 11.4 Å². The third-order valence-corrected chi connectivity index (χ3v) is 4.41. The first kappa shape index (κ1) is 17.9. The van der Waals surface area contributed by atoms with Crippen molar-refractivity contribution >= 4 is 23.1 Å². The Bertz CT molecular complexity index is 912. The van der Waals surface area contributed by atoms with E-state index in [1.54, 1.807) is 6.20 Å². The van der Waals surface area contributed by atoms with Crippen LogP contribution < -0.4 is 10.6 Å². The molecule has 0 radical (unpaired) electrons. The van der Waals surface area contributed by atoms with E-state index in [1.165, 1.54) is 16.7 Å². The minimum absolute atomic E-state index is 0.0316. The molecule has 0 amide bonds. The third-order valence-electron chi connectivity index (χ3n) is 4.41. The van der Waals surface area contributed by atoms with E-state index in [0.717, 1.165) is 11.4 Å². The summed E-state index contributed by atoms with van der Waals surface area (Å²) in [5.74, 6) is 1.13. The quantitative estimate of drug-likeness (QED) is 0.673. The molecule has 0 atom stereocenters. The fraction of sp³-hybridized carbons (Fsp3) is 0.286. The van der Waals surface area contributed by atoms with Gasteiger partial charge in [-0.1, -0.05) is 51.1 Å². The number of hydrogen-bond acceptors (Lipinski definition) is 5. The molecular weight excluding hydrogens is 322 g/mol. The van der Waals surface area contributed by atoms with E-state index in [1.807, 2.05) is 18.2 Å². The van der Waals surface area contributed by atoms with E-state index >= 15 is 0 Å². The van der Waals surface area contributed by atoms with Crippen LogP contribution in [-0.2, 0) is 5.41 Å². The number of benzene rings is 2. The van der Waals surface area contributed by atoms with Crippen LogP contribution in [0.3, 0.4) is 0 Å². The minimum Gasteiger partial charge on any atom is -0.339 e. The zero-order valence-electron chi connectivity index (χ0n) is 16.0. The van der Waals surface area contributed by atoms with Gasteiger partial charge in [0.25, 0.3) is 0 Å². The first-order valence-corrected chi connectivity index (χ1v) is 8.74. The van der Waals surface area contributed by atoms with Crippen LogP contribution in [0.15, 0.2) is 48.7 Å². The van der Waals surface area contributed by atoms with Gasteiger partial charge in [0.05, 0.1) is 6.20 Å². The number of nitrogens with zero attached hydrogens (tertiary/aromatic N) is 3. The molecule has 26 heavy (non-hydrogen) atoms. The maximum Gasteiger partial charge on any atom is 0.249 e. The standard InChI is InChI=1S/C21H25N5/c1-14-9-8-12-17(15(14)2)24-20-25-19(13-22-26-20)23-18-11-7-6-10-16(18)21(3,4)5/h6-13H,1-5H3,(H2,23,24,25,26). The van der Waals surface area contributed by atoms with Gasteiger partial charge >= 0.3 is 0 Å². The van der Waals surface area contributed by atoms with E-state index in [9.17, 15) is 0 Å². The maximum atomic E-state index is 4.56. The van der Waals surface area contributed by atoms with E-state index in [-0.39, 0.29) is 5.41 Å². The number of nitrogens with one attached hydrogen (secondary N) is 2. The highest BCUT2D eigenvalue weighted by Gasteiger charge is 2.17. The van der Waals surface area contributed by atoms with Crippen molar-refractivity contribution in [2.75, 3.05) is 10.6 Å². The Morgan fingerprint density at radius 2 is 1.58 bits per heavy atom. The second kappa shape index (κ2) is 7.12. The zero-order chi connectivity index (χ0) is 18.7. The highest BCUT2D eigenvalue weighted by molar-refractivity contribution is 5.64. The summed E-state index contributed by atoms with van der Waals surface area (Å²) in [6, 6.07) is 14.4. The molecule has 0 aliphatic rings. The molecule has 2 N–H and O–H groups in total. The van der Waals surface area contributed by atoms with Crippen molar-refractivity contribution in [3.63, 3.8) is 0 Å². The number of hydrogen-bond donors (Lipinski definition) is 2. The molecule has 3 rings (SSSR count). The molecule has 3 aromatic rings. The van der Waals surface area contributed by atoms with Crippen molar-refractivity contribution in [2.24, 2.45) is 0 Å². The lowest BCUT2D eigenvalue weighted by Gasteiger charge is -2.23. The number of aromatic nitrogens is 3. The van der Waals surface area contributed by atoms with Crippen molar-refractivity contribution in [1.82, 2.24) is 15.2 Å². The SMILES string of the molecule is Cc1cccc(Nc2nncc(Nc3ccccc3C(C)(C)C)n2)c1C. The number of aryl methyl sites for hydroxylation is 1. The van der Waals surface area contributed by atoms with Crippen LogP contribution >= 0.6 is 0 Å². The van der Waals surface area contributed by atoms with Crippen molar-refractivity contribution in [3.05, 3.63) is 65.4 Å². The summed E-state index contributed by atoms with van der Waals surface area (Å²) in [7, 11) is 0. The molecule has 0 bridgehead atoms. The topological polar surface area (TPSA) is 62.7 Å². The van der Waals surface area contributed by atoms with Gasteiger partial charge in [-0.15, -0.1) is 5.10 Å².